The maximum atomic E-state index is 11.7. The quantitative estimate of drug-likeness (QED) is 0.543. The fourth-order valence-electron chi connectivity index (χ4n) is 2.39. The molecular formula is C15H29NO3. The predicted molar refractivity (Wildman–Crippen MR) is 76.0 cm³/mol. The van der Waals surface area contributed by atoms with Gasteiger partial charge in [-0.25, -0.2) is 0 Å². The molecule has 1 heterocycles. The number of nitrogens with one attached hydrogen (secondary N) is 1. The van der Waals surface area contributed by atoms with Crippen molar-refractivity contribution in [3.05, 3.63) is 0 Å². The van der Waals surface area contributed by atoms with Gasteiger partial charge in [-0.2, -0.15) is 0 Å². The molecule has 1 N–H and O–H groups in total. The van der Waals surface area contributed by atoms with Crippen LogP contribution in [0.4, 0.5) is 0 Å². The maximum absolute atomic E-state index is 11.7. The van der Waals surface area contributed by atoms with Crippen LogP contribution in [0.5, 0.6) is 0 Å². The van der Waals surface area contributed by atoms with Crippen LogP contribution in [-0.4, -0.2) is 38.9 Å². The number of carbonyl (C=O) groups is 1. The van der Waals surface area contributed by atoms with E-state index in [1.165, 1.54) is 12.8 Å². The van der Waals surface area contributed by atoms with Crippen LogP contribution in [0, 0.1) is 17.8 Å². The van der Waals surface area contributed by atoms with Crippen molar-refractivity contribution in [3.8, 4) is 0 Å². The minimum absolute atomic E-state index is 0.0915. The van der Waals surface area contributed by atoms with Crippen LogP contribution in [0.25, 0.3) is 0 Å². The first-order chi connectivity index (χ1) is 9.09. The number of hydrogen-bond acceptors (Lipinski definition) is 4. The van der Waals surface area contributed by atoms with Crippen molar-refractivity contribution in [2.45, 2.75) is 40.0 Å². The first-order valence-electron chi connectivity index (χ1n) is 7.53. The van der Waals surface area contributed by atoms with Crippen LogP contribution in [0.3, 0.4) is 0 Å². The molecule has 112 valence electrons. The standard InChI is InChI=1S/C15H29NO3/c1-12(2)11-18-7-8-19-15(17)9-13(3)14-5-4-6-16-10-14/h12-14,16H,4-11H2,1-3H3. The van der Waals surface area contributed by atoms with E-state index in [0.29, 0.717) is 37.4 Å². The van der Waals surface area contributed by atoms with Crippen molar-refractivity contribution in [2.75, 3.05) is 32.9 Å². The molecule has 1 aliphatic rings. The Hall–Kier alpha value is -0.610. The average Bonchev–Trinajstić information content (AvgIpc) is 2.39. The van der Waals surface area contributed by atoms with E-state index in [2.05, 4.69) is 26.1 Å². The van der Waals surface area contributed by atoms with E-state index in [4.69, 9.17) is 9.47 Å². The summed E-state index contributed by atoms with van der Waals surface area (Å²) in [6.45, 7) is 10.1. The zero-order chi connectivity index (χ0) is 14.1. The molecule has 0 amide bonds. The van der Waals surface area contributed by atoms with Gasteiger partial charge in [0.05, 0.1) is 6.61 Å². The van der Waals surface area contributed by atoms with Gasteiger partial charge in [-0.1, -0.05) is 20.8 Å². The van der Waals surface area contributed by atoms with Gasteiger partial charge in [-0.05, 0) is 43.7 Å². The van der Waals surface area contributed by atoms with Gasteiger partial charge < -0.3 is 14.8 Å². The predicted octanol–water partition coefficient (Wildman–Crippen LogP) is 2.23. The van der Waals surface area contributed by atoms with Gasteiger partial charge in [-0.3, -0.25) is 4.79 Å². The van der Waals surface area contributed by atoms with Gasteiger partial charge >= 0.3 is 5.97 Å². The van der Waals surface area contributed by atoms with Crippen LogP contribution in [-0.2, 0) is 14.3 Å². The summed E-state index contributed by atoms with van der Waals surface area (Å²) in [4.78, 5) is 11.7. The lowest BCUT2D eigenvalue weighted by molar-refractivity contribution is -0.146. The van der Waals surface area contributed by atoms with E-state index in [0.717, 1.165) is 19.7 Å². The fraction of sp³-hybridized carbons (Fsp3) is 0.933. The molecule has 4 heteroatoms. The smallest absolute Gasteiger partial charge is 0.306 e. The Morgan fingerprint density at radius 3 is 2.74 bits per heavy atom. The summed E-state index contributed by atoms with van der Waals surface area (Å²) in [5.41, 5.74) is 0. The van der Waals surface area contributed by atoms with Crippen molar-refractivity contribution < 1.29 is 14.3 Å². The third-order valence-electron chi connectivity index (χ3n) is 3.57. The molecule has 0 aromatic heterocycles. The first-order valence-corrected chi connectivity index (χ1v) is 7.53. The number of ether oxygens (including phenoxy) is 2. The van der Waals surface area contributed by atoms with Crippen molar-refractivity contribution >= 4 is 5.97 Å². The molecule has 0 aliphatic carbocycles. The molecule has 19 heavy (non-hydrogen) atoms. The van der Waals surface area contributed by atoms with Crippen LogP contribution >= 0.6 is 0 Å². The molecule has 1 rings (SSSR count). The van der Waals surface area contributed by atoms with E-state index in [1.54, 1.807) is 0 Å². The summed E-state index contributed by atoms with van der Waals surface area (Å²) in [5, 5.41) is 3.39. The Labute approximate surface area is 117 Å². The summed E-state index contributed by atoms with van der Waals surface area (Å²) in [6.07, 6.45) is 2.96. The molecule has 0 saturated carbocycles. The first kappa shape index (κ1) is 16.4. The van der Waals surface area contributed by atoms with Crippen molar-refractivity contribution in [2.24, 2.45) is 17.8 Å². The molecule has 1 aliphatic heterocycles. The molecule has 0 bridgehead atoms. The number of carbonyl (C=O) groups excluding carboxylic acids is 1. The molecular weight excluding hydrogens is 242 g/mol. The Balaban J connectivity index is 2.06. The molecule has 0 aromatic rings. The van der Waals surface area contributed by atoms with Crippen LogP contribution in [0.15, 0.2) is 0 Å². The minimum Gasteiger partial charge on any atom is -0.463 e. The molecule has 1 saturated heterocycles. The SMILES string of the molecule is CC(C)COCCOC(=O)CC(C)C1CCCNC1. The molecule has 0 radical (unpaired) electrons. The second-order valence-electron chi connectivity index (χ2n) is 5.98. The third-order valence-corrected chi connectivity index (χ3v) is 3.57. The zero-order valence-electron chi connectivity index (χ0n) is 12.6. The van der Waals surface area contributed by atoms with Gasteiger partial charge in [0.2, 0.25) is 0 Å². The summed E-state index contributed by atoms with van der Waals surface area (Å²) in [6, 6.07) is 0. The molecule has 0 aromatic carbocycles. The highest BCUT2D eigenvalue weighted by atomic mass is 16.6. The topological polar surface area (TPSA) is 47.6 Å². The van der Waals surface area contributed by atoms with Crippen molar-refractivity contribution in [3.63, 3.8) is 0 Å². The number of piperidine rings is 1. The monoisotopic (exact) mass is 271 g/mol. The van der Waals surface area contributed by atoms with E-state index in [-0.39, 0.29) is 5.97 Å². The second-order valence-corrected chi connectivity index (χ2v) is 5.98. The highest BCUT2D eigenvalue weighted by Gasteiger charge is 2.22. The summed E-state index contributed by atoms with van der Waals surface area (Å²) in [5.74, 6) is 1.44. The minimum atomic E-state index is -0.0915. The van der Waals surface area contributed by atoms with Gasteiger partial charge in [0.1, 0.15) is 6.61 Å². The van der Waals surface area contributed by atoms with E-state index >= 15 is 0 Å². The van der Waals surface area contributed by atoms with Gasteiger partial charge in [0.25, 0.3) is 0 Å². The zero-order valence-corrected chi connectivity index (χ0v) is 12.6. The normalized spacial score (nSPS) is 21.4. The molecule has 0 spiro atoms. The van der Waals surface area contributed by atoms with E-state index in [1.807, 2.05) is 0 Å². The highest BCUT2D eigenvalue weighted by molar-refractivity contribution is 5.69. The maximum Gasteiger partial charge on any atom is 0.306 e. The molecule has 4 nitrogen and oxygen atoms in total. The van der Waals surface area contributed by atoms with Gasteiger partial charge in [0.15, 0.2) is 0 Å². The number of esters is 1. The lowest BCUT2D eigenvalue weighted by Crippen LogP contribution is -2.34. The van der Waals surface area contributed by atoms with E-state index < -0.39 is 0 Å². The Morgan fingerprint density at radius 2 is 2.11 bits per heavy atom. The third kappa shape index (κ3) is 7.53. The average molecular weight is 271 g/mol. The molecule has 2 atom stereocenters. The summed E-state index contributed by atoms with van der Waals surface area (Å²) >= 11 is 0. The lowest BCUT2D eigenvalue weighted by atomic mass is 9.85. The number of hydrogen-bond donors (Lipinski definition) is 1. The van der Waals surface area contributed by atoms with E-state index in [9.17, 15) is 4.79 Å². The van der Waals surface area contributed by atoms with Crippen LogP contribution in [0.1, 0.15) is 40.0 Å². The van der Waals surface area contributed by atoms with Crippen molar-refractivity contribution in [1.82, 2.24) is 5.32 Å². The van der Waals surface area contributed by atoms with Gasteiger partial charge in [0, 0.05) is 13.0 Å². The molecule has 1 fully saturated rings. The Bertz CT molecular complexity index is 250. The van der Waals surface area contributed by atoms with Crippen LogP contribution in [0.2, 0.25) is 0 Å². The molecule has 2 unspecified atom stereocenters. The summed E-state index contributed by atoms with van der Waals surface area (Å²) < 4.78 is 10.6. The number of rotatable bonds is 8. The van der Waals surface area contributed by atoms with Gasteiger partial charge in [-0.15, -0.1) is 0 Å². The largest absolute Gasteiger partial charge is 0.463 e. The Kier molecular flexibility index (Phi) is 8.07. The highest BCUT2D eigenvalue weighted by Crippen LogP contribution is 2.22. The Morgan fingerprint density at radius 1 is 1.32 bits per heavy atom. The fourth-order valence-corrected chi connectivity index (χ4v) is 2.39. The van der Waals surface area contributed by atoms with Crippen molar-refractivity contribution in [1.29, 1.82) is 0 Å². The van der Waals surface area contributed by atoms with Crippen LogP contribution < -0.4 is 5.32 Å². The lowest BCUT2D eigenvalue weighted by Gasteiger charge is -2.27. The summed E-state index contributed by atoms with van der Waals surface area (Å²) in [7, 11) is 0. The second kappa shape index (κ2) is 9.32.